The molecule has 0 unspecified atom stereocenters. The summed E-state index contributed by atoms with van der Waals surface area (Å²) in [4.78, 5) is 5.53. The zero-order valence-corrected chi connectivity index (χ0v) is 19.2. The SMILES string of the molecule is CO[C@H]1CCN(c2ccccc2)C12CCN(C1CCCCCCCCC1)CC2.Cl. The van der Waals surface area contributed by atoms with Crippen LogP contribution in [0.1, 0.15) is 77.0 Å². The van der Waals surface area contributed by atoms with E-state index in [-0.39, 0.29) is 17.9 Å². The fourth-order valence-electron chi connectivity index (χ4n) is 6.26. The molecule has 0 bridgehead atoms. The van der Waals surface area contributed by atoms with Crippen LogP contribution in [0.15, 0.2) is 30.3 Å². The first-order valence-electron chi connectivity index (χ1n) is 11.9. The van der Waals surface area contributed by atoms with E-state index in [4.69, 9.17) is 4.74 Å². The molecule has 1 aliphatic carbocycles. The van der Waals surface area contributed by atoms with Crippen molar-refractivity contribution in [1.82, 2.24) is 4.90 Å². The maximum Gasteiger partial charge on any atom is 0.0820 e. The summed E-state index contributed by atoms with van der Waals surface area (Å²) in [6, 6.07) is 11.9. The minimum atomic E-state index is 0. The van der Waals surface area contributed by atoms with Crippen molar-refractivity contribution in [2.75, 3.05) is 31.6 Å². The molecule has 3 aliphatic rings. The van der Waals surface area contributed by atoms with Crippen molar-refractivity contribution in [3.05, 3.63) is 30.3 Å². The van der Waals surface area contributed by atoms with Gasteiger partial charge in [0.05, 0.1) is 11.6 Å². The van der Waals surface area contributed by atoms with Gasteiger partial charge in [-0.1, -0.05) is 63.1 Å². The molecule has 3 fully saturated rings. The summed E-state index contributed by atoms with van der Waals surface area (Å²) >= 11 is 0. The number of likely N-dealkylation sites (tertiary alicyclic amines) is 1. The molecule has 4 heteroatoms. The monoisotopic (exact) mass is 420 g/mol. The first-order chi connectivity index (χ1) is 13.8. The van der Waals surface area contributed by atoms with Gasteiger partial charge in [0, 0.05) is 38.5 Å². The Morgan fingerprint density at radius 3 is 1.97 bits per heavy atom. The number of para-hydroxylation sites is 1. The Balaban J connectivity index is 0.00000240. The van der Waals surface area contributed by atoms with Gasteiger partial charge in [0.2, 0.25) is 0 Å². The molecule has 164 valence electrons. The van der Waals surface area contributed by atoms with Crippen molar-refractivity contribution in [3.8, 4) is 0 Å². The number of piperidine rings is 1. The molecule has 4 rings (SSSR count). The van der Waals surface area contributed by atoms with E-state index < -0.39 is 0 Å². The molecule has 0 amide bonds. The Morgan fingerprint density at radius 2 is 1.38 bits per heavy atom. The van der Waals surface area contributed by atoms with Crippen molar-refractivity contribution in [2.24, 2.45) is 0 Å². The number of ether oxygens (including phenoxy) is 1. The molecule has 2 aliphatic heterocycles. The summed E-state index contributed by atoms with van der Waals surface area (Å²) in [5.74, 6) is 0. The number of hydrogen-bond acceptors (Lipinski definition) is 3. The Kier molecular flexibility index (Phi) is 8.70. The third-order valence-corrected chi connectivity index (χ3v) is 7.86. The average Bonchev–Trinajstić information content (AvgIpc) is 3.10. The van der Waals surface area contributed by atoms with E-state index in [1.807, 2.05) is 7.11 Å². The van der Waals surface area contributed by atoms with E-state index in [0.717, 1.165) is 19.0 Å². The lowest BCUT2D eigenvalue weighted by Crippen LogP contribution is -2.59. The number of hydrogen-bond donors (Lipinski definition) is 0. The third kappa shape index (κ3) is 5.11. The predicted octanol–water partition coefficient (Wildman–Crippen LogP) is 6.06. The van der Waals surface area contributed by atoms with E-state index >= 15 is 0 Å². The highest BCUT2D eigenvalue weighted by Crippen LogP contribution is 2.43. The molecular weight excluding hydrogens is 380 g/mol. The lowest BCUT2D eigenvalue weighted by Gasteiger charge is -2.50. The molecule has 29 heavy (non-hydrogen) atoms. The smallest absolute Gasteiger partial charge is 0.0820 e. The quantitative estimate of drug-likeness (QED) is 0.590. The lowest BCUT2D eigenvalue weighted by molar-refractivity contribution is 0.00977. The number of nitrogens with zero attached hydrogens (tertiary/aromatic N) is 2. The largest absolute Gasteiger partial charge is 0.379 e. The summed E-state index contributed by atoms with van der Waals surface area (Å²) in [6.45, 7) is 3.62. The zero-order valence-electron chi connectivity index (χ0n) is 18.4. The van der Waals surface area contributed by atoms with Crippen molar-refractivity contribution < 1.29 is 4.74 Å². The van der Waals surface area contributed by atoms with Gasteiger partial charge in [-0.05, 0) is 44.2 Å². The molecule has 0 radical (unpaired) electrons. The number of halogens is 1. The Bertz CT molecular complexity index is 578. The van der Waals surface area contributed by atoms with Gasteiger partial charge in [0.15, 0.2) is 0 Å². The van der Waals surface area contributed by atoms with Crippen LogP contribution in [-0.2, 0) is 4.74 Å². The second-order valence-corrected chi connectivity index (χ2v) is 9.35. The van der Waals surface area contributed by atoms with Crippen molar-refractivity contribution >= 4 is 18.1 Å². The molecule has 1 aromatic carbocycles. The minimum Gasteiger partial charge on any atom is -0.379 e. The highest BCUT2D eigenvalue weighted by Gasteiger charge is 2.51. The van der Waals surface area contributed by atoms with Crippen molar-refractivity contribution in [1.29, 1.82) is 0 Å². The Hall–Kier alpha value is -0.770. The molecule has 1 spiro atoms. The number of benzene rings is 1. The maximum absolute atomic E-state index is 6.04. The van der Waals surface area contributed by atoms with E-state index in [1.165, 1.54) is 89.4 Å². The van der Waals surface area contributed by atoms with Crippen LogP contribution in [0, 0.1) is 0 Å². The highest BCUT2D eigenvalue weighted by molar-refractivity contribution is 5.85. The standard InChI is InChI=1S/C25H40N2O.ClH/c1-28-24-16-19-27(23-14-10-7-11-15-23)25(24)17-20-26(21-18-25)22-12-8-5-3-2-4-6-9-13-22;/h7,10-11,14-15,22,24H,2-6,8-9,12-13,16-21H2,1H3;1H/t24-;/m0./s1. The second kappa shape index (κ2) is 11.0. The van der Waals surface area contributed by atoms with E-state index in [2.05, 4.69) is 40.1 Å². The number of rotatable bonds is 3. The molecule has 2 heterocycles. The van der Waals surface area contributed by atoms with Gasteiger partial charge in [-0.3, -0.25) is 0 Å². The first kappa shape index (κ1) is 22.9. The van der Waals surface area contributed by atoms with E-state index in [9.17, 15) is 0 Å². The van der Waals surface area contributed by atoms with E-state index in [1.54, 1.807) is 0 Å². The normalized spacial score (nSPS) is 26.9. The third-order valence-electron chi connectivity index (χ3n) is 7.86. The van der Waals surface area contributed by atoms with Gasteiger partial charge in [0.25, 0.3) is 0 Å². The average molecular weight is 421 g/mol. The molecular formula is C25H41ClN2O. The molecule has 0 N–H and O–H groups in total. The Labute approximate surface area is 184 Å². The Morgan fingerprint density at radius 1 is 0.793 bits per heavy atom. The van der Waals surface area contributed by atoms with Gasteiger partial charge < -0.3 is 14.5 Å². The van der Waals surface area contributed by atoms with Crippen LogP contribution < -0.4 is 4.90 Å². The predicted molar refractivity (Wildman–Crippen MR) is 125 cm³/mol. The van der Waals surface area contributed by atoms with Crippen LogP contribution in [0.5, 0.6) is 0 Å². The maximum atomic E-state index is 6.04. The molecule has 1 saturated carbocycles. The summed E-state index contributed by atoms with van der Waals surface area (Å²) < 4.78 is 6.04. The van der Waals surface area contributed by atoms with E-state index in [0.29, 0.717) is 6.10 Å². The first-order valence-corrected chi connectivity index (χ1v) is 11.9. The number of anilines is 1. The fraction of sp³-hybridized carbons (Fsp3) is 0.760. The summed E-state index contributed by atoms with van der Waals surface area (Å²) in [6.07, 6.45) is 17.0. The summed E-state index contributed by atoms with van der Waals surface area (Å²) in [7, 11) is 1.93. The second-order valence-electron chi connectivity index (χ2n) is 9.35. The summed E-state index contributed by atoms with van der Waals surface area (Å²) in [5.41, 5.74) is 1.58. The van der Waals surface area contributed by atoms with Crippen molar-refractivity contribution in [2.45, 2.75) is 94.7 Å². The van der Waals surface area contributed by atoms with Crippen LogP contribution in [0.2, 0.25) is 0 Å². The van der Waals surface area contributed by atoms with Gasteiger partial charge >= 0.3 is 0 Å². The van der Waals surface area contributed by atoms with Crippen molar-refractivity contribution in [3.63, 3.8) is 0 Å². The topological polar surface area (TPSA) is 15.7 Å². The molecule has 3 nitrogen and oxygen atoms in total. The zero-order chi connectivity index (χ0) is 19.2. The van der Waals surface area contributed by atoms with Crippen LogP contribution in [0.4, 0.5) is 5.69 Å². The molecule has 1 aromatic rings. The molecule has 1 atom stereocenters. The number of methoxy groups -OCH3 is 1. The van der Waals surface area contributed by atoms with Crippen LogP contribution in [0.25, 0.3) is 0 Å². The highest BCUT2D eigenvalue weighted by atomic mass is 35.5. The van der Waals surface area contributed by atoms with Crippen LogP contribution in [-0.4, -0.2) is 49.3 Å². The molecule has 0 aromatic heterocycles. The fourth-order valence-corrected chi connectivity index (χ4v) is 6.26. The minimum absolute atomic E-state index is 0. The van der Waals surface area contributed by atoms with Crippen LogP contribution >= 0.6 is 12.4 Å². The summed E-state index contributed by atoms with van der Waals surface area (Å²) in [5, 5.41) is 0. The van der Waals surface area contributed by atoms with Gasteiger partial charge in [-0.25, -0.2) is 0 Å². The van der Waals surface area contributed by atoms with Gasteiger partial charge in [-0.15, -0.1) is 12.4 Å². The molecule has 2 saturated heterocycles. The van der Waals surface area contributed by atoms with Crippen LogP contribution in [0.3, 0.4) is 0 Å². The van der Waals surface area contributed by atoms with Gasteiger partial charge in [-0.2, -0.15) is 0 Å². The lowest BCUT2D eigenvalue weighted by atomic mass is 9.81. The van der Waals surface area contributed by atoms with Gasteiger partial charge in [0.1, 0.15) is 0 Å².